The SMILES string of the molecule is C[C@H](N)c1ccc(Br)cc1OCCC(C)(C)O. The van der Waals surface area contributed by atoms with Crippen molar-refractivity contribution in [2.24, 2.45) is 5.73 Å². The molecule has 0 saturated heterocycles. The van der Waals surface area contributed by atoms with E-state index in [1.807, 2.05) is 25.1 Å². The first kappa shape index (κ1) is 14.5. The van der Waals surface area contributed by atoms with Gasteiger partial charge in [-0.2, -0.15) is 0 Å². The largest absolute Gasteiger partial charge is 0.493 e. The fraction of sp³-hybridized carbons (Fsp3) is 0.538. The van der Waals surface area contributed by atoms with Gasteiger partial charge in [0.2, 0.25) is 0 Å². The third-order valence-electron chi connectivity index (χ3n) is 2.44. The minimum Gasteiger partial charge on any atom is -0.493 e. The van der Waals surface area contributed by atoms with Gasteiger partial charge in [-0.1, -0.05) is 22.0 Å². The topological polar surface area (TPSA) is 55.5 Å². The summed E-state index contributed by atoms with van der Waals surface area (Å²) >= 11 is 3.41. The van der Waals surface area contributed by atoms with Crippen LogP contribution in [0, 0.1) is 0 Å². The van der Waals surface area contributed by atoms with E-state index >= 15 is 0 Å². The van der Waals surface area contributed by atoms with Gasteiger partial charge in [-0.15, -0.1) is 0 Å². The van der Waals surface area contributed by atoms with Crippen LogP contribution in [0.5, 0.6) is 5.75 Å². The molecule has 96 valence electrons. The number of benzene rings is 1. The lowest BCUT2D eigenvalue weighted by atomic mass is 10.1. The Morgan fingerprint density at radius 1 is 1.47 bits per heavy atom. The van der Waals surface area contributed by atoms with E-state index in [4.69, 9.17) is 10.5 Å². The fourth-order valence-electron chi connectivity index (χ4n) is 1.42. The standard InChI is InChI=1S/C13H20BrNO2/c1-9(15)11-5-4-10(14)8-12(11)17-7-6-13(2,3)16/h4-5,8-9,16H,6-7,15H2,1-3H3/t9-/m0/s1. The van der Waals surface area contributed by atoms with E-state index in [1.54, 1.807) is 13.8 Å². The second-order valence-electron chi connectivity index (χ2n) is 4.88. The number of hydrogen-bond acceptors (Lipinski definition) is 3. The second-order valence-corrected chi connectivity index (χ2v) is 5.80. The average Bonchev–Trinajstić information content (AvgIpc) is 2.15. The molecule has 3 nitrogen and oxygen atoms in total. The Hall–Kier alpha value is -0.580. The van der Waals surface area contributed by atoms with Crippen molar-refractivity contribution in [3.8, 4) is 5.75 Å². The van der Waals surface area contributed by atoms with Gasteiger partial charge < -0.3 is 15.6 Å². The highest BCUT2D eigenvalue weighted by atomic mass is 79.9. The van der Waals surface area contributed by atoms with Crippen LogP contribution in [0.2, 0.25) is 0 Å². The zero-order chi connectivity index (χ0) is 13.1. The van der Waals surface area contributed by atoms with E-state index in [0.717, 1.165) is 15.8 Å². The van der Waals surface area contributed by atoms with Crippen molar-refractivity contribution in [1.82, 2.24) is 0 Å². The monoisotopic (exact) mass is 301 g/mol. The van der Waals surface area contributed by atoms with Crippen LogP contribution in [-0.4, -0.2) is 17.3 Å². The van der Waals surface area contributed by atoms with Crippen LogP contribution in [0.4, 0.5) is 0 Å². The quantitative estimate of drug-likeness (QED) is 0.879. The molecule has 0 radical (unpaired) electrons. The Balaban J connectivity index is 2.72. The van der Waals surface area contributed by atoms with E-state index in [0.29, 0.717) is 13.0 Å². The summed E-state index contributed by atoms with van der Waals surface area (Å²) in [7, 11) is 0. The lowest BCUT2D eigenvalue weighted by molar-refractivity contribution is 0.0551. The molecule has 1 aromatic carbocycles. The van der Waals surface area contributed by atoms with Crippen LogP contribution < -0.4 is 10.5 Å². The third kappa shape index (κ3) is 5.06. The van der Waals surface area contributed by atoms with Crippen LogP contribution in [0.15, 0.2) is 22.7 Å². The predicted molar refractivity (Wildman–Crippen MR) is 73.2 cm³/mol. The molecule has 1 atom stereocenters. The number of ether oxygens (including phenoxy) is 1. The highest BCUT2D eigenvalue weighted by Gasteiger charge is 2.14. The summed E-state index contributed by atoms with van der Waals surface area (Å²) in [5.74, 6) is 0.777. The Morgan fingerprint density at radius 2 is 2.12 bits per heavy atom. The summed E-state index contributed by atoms with van der Waals surface area (Å²) < 4.78 is 6.64. The Kier molecular flexibility index (Phi) is 4.98. The summed E-state index contributed by atoms with van der Waals surface area (Å²) in [6.45, 7) is 5.93. The average molecular weight is 302 g/mol. The van der Waals surface area contributed by atoms with Crippen LogP contribution in [-0.2, 0) is 0 Å². The summed E-state index contributed by atoms with van der Waals surface area (Å²) in [6, 6.07) is 5.74. The van der Waals surface area contributed by atoms with Crippen molar-refractivity contribution in [2.45, 2.75) is 38.8 Å². The van der Waals surface area contributed by atoms with Gasteiger partial charge in [0.25, 0.3) is 0 Å². The molecule has 0 aliphatic heterocycles. The summed E-state index contributed by atoms with van der Waals surface area (Å²) in [5, 5.41) is 9.61. The van der Waals surface area contributed by atoms with E-state index in [2.05, 4.69) is 15.9 Å². The summed E-state index contributed by atoms with van der Waals surface area (Å²) in [5.41, 5.74) is 6.15. The van der Waals surface area contributed by atoms with E-state index < -0.39 is 5.60 Å². The molecule has 0 spiro atoms. The van der Waals surface area contributed by atoms with Crippen LogP contribution in [0.3, 0.4) is 0 Å². The fourth-order valence-corrected chi connectivity index (χ4v) is 1.76. The maximum atomic E-state index is 9.61. The normalized spacial score (nSPS) is 13.5. The highest BCUT2D eigenvalue weighted by Crippen LogP contribution is 2.28. The summed E-state index contributed by atoms with van der Waals surface area (Å²) in [6.07, 6.45) is 0.581. The van der Waals surface area contributed by atoms with Crippen LogP contribution in [0.25, 0.3) is 0 Å². The molecular formula is C13H20BrNO2. The molecule has 0 fully saturated rings. The second kappa shape index (κ2) is 5.85. The molecule has 0 bridgehead atoms. The molecule has 0 aliphatic carbocycles. The van der Waals surface area contributed by atoms with Gasteiger partial charge in [0.05, 0.1) is 12.2 Å². The summed E-state index contributed by atoms with van der Waals surface area (Å²) in [4.78, 5) is 0. The molecule has 0 amide bonds. The van der Waals surface area contributed by atoms with Gasteiger partial charge in [0.1, 0.15) is 5.75 Å². The van der Waals surface area contributed by atoms with Crippen molar-refractivity contribution in [2.75, 3.05) is 6.61 Å². The molecule has 0 unspecified atom stereocenters. The number of hydrogen-bond donors (Lipinski definition) is 2. The first-order valence-electron chi connectivity index (χ1n) is 5.70. The van der Waals surface area contributed by atoms with Gasteiger partial charge in [0, 0.05) is 22.5 Å². The molecule has 0 aliphatic rings. The molecule has 1 rings (SSSR count). The third-order valence-corrected chi connectivity index (χ3v) is 2.93. The Labute approximate surface area is 111 Å². The first-order valence-corrected chi connectivity index (χ1v) is 6.49. The van der Waals surface area contributed by atoms with Gasteiger partial charge in [-0.3, -0.25) is 0 Å². The zero-order valence-corrected chi connectivity index (χ0v) is 12.1. The molecule has 3 N–H and O–H groups in total. The molecular weight excluding hydrogens is 282 g/mol. The van der Waals surface area contributed by atoms with Crippen molar-refractivity contribution in [3.63, 3.8) is 0 Å². The molecule has 17 heavy (non-hydrogen) atoms. The molecule has 4 heteroatoms. The number of halogens is 1. The Morgan fingerprint density at radius 3 is 2.65 bits per heavy atom. The van der Waals surface area contributed by atoms with E-state index in [9.17, 15) is 5.11 Å². The molecule has 0 aromatic heterocycles. The van der Waals surface area contributed by atoms with Gasteiger partial charge >= 0.3 is 0 Å². The molecule has 0 saturated carbocycles. The zero-order valence-electron chi connectivity index (χ0n) is 10.5. The van der Waals surface area contributed by atoms with E-state index in [-0.39, 0.29) is 6.04 Å². The maximum Gasteiger partial charge on any atom is 0.125 e. The van der Waals surface area contributed by atoms with Crippen molar-refractivity contribution < 1.29 is 9.84 Å². The van der Waals surface area contributed by atoms with Gasteiger partial charge in [0.15, 0.2) is 0 Å². The lowest BCUT2D eigenvalue weighted by Crippen LogP contribution is -2.22. The number of nitrogens with two attached hydrogens (primary N) is 1. The number of aliphatic hydroxyl groups is 1. The maximum absolute atomic E-state index is 9.61. The van der Waals surface area contributed by atoms with Crippen LogP contribution >= 0.6 is 15.9 Å². The van der Waals surface area contributed by atoms with Crippen molar-refractivity contribution >= 4 is 15.9 Å². The Bertz CT molecular complexity index is 372. The van der Waals surface area contributed by atoms with Crippen LogP contribution in [0.1, 0.15) is 38.8 Å². The minimum atomic E-state index is -0.708. The van der Waals surface area contributed by atoms with E-state index in [1.165, 1.54) is 0 Å². The first-order chi connectivity index (χ1) is 7.79. The molecule has 0 heterocycles. The van der Waals surface area contributed by atoms with Gasteiger partial charge in [-0.05, 0) is 32.9 Å². The lowest BCUT2D eigenvalue weighted by Gasteiger charge is -2.19. The molecule has 1 aromatic rings. The van der Waals surface area contributed by atoms with Gasteiger partial charge in [-0.25, -0.2) is 0 Å². The minimum absolute atomic E-state index is 0.0692. The number of rotatable bonds is 5. The van der Waals surface area contributed by atoms with Crippen molar-refractivity contribution in [1.29, 1.82) is 0 Å². The van der Waals surface area contributed by atoms with Crippen molar-refractivity contribution in [3.05, 3.63) is 28.2 Å². The predicted octanol–water partition coefficient (Wildman–Crippen LogP) is 3.01. The highest BCUT2D eigenvalue weighted by molar-refractivity contribution is 9.10. The smallest absolute Gasteiger partial charge is 0.125 e.